The third kappa shape index (κ3) is 3.26. The monoisotopic (exact) mass is 270 g/mol. The molecule has 0 aliphatic carbocycles. The van der Waals surface area contributed by atoms with Crippen molar-refractivity contribution < 1.29 is 9.13 Å². The van der Waals surface area contributed by atoms with Crippen LogP contribution in [-0.2, 0) is 0 Å². The SMILES string of the molecule is CCC(CC)(CC)C(=CCl)Oc1ccc(F)cc1. The van der Waals surface area contributed by atoms with Gasteiger partial charge in [0.05, 0.1) is 0 Å². The lowest BCUT2D eigenvalue weighted by molar-refractivity contribution is 0.208. The van der Waals surface area contributed by atoms with E-state index in [9.17, 15) is 4.39 Å². The number of halogens is 2. The zero-order valence-electron chi connectivity index (χ0n) is 11.2. The normalized spacial score (nSPS) is 12.6. The van der Waals surface area contributed by atoms with Gasteiger partial charge < -0.3 is 4.74 Å². The highest BCUT2D eigenvalue weighted by Crippen LogP contribution is 2.39. The summed E-state index contributed by atoms with van der Waals surface area (Å²) in [5.74, 6) is 1.10. The number of allylic oxidation sites excluding steroid dienone is 1. The van der Waals surface area contributed by atoms with Crippen molar-refractivity contribution in [2.45, 2.75) is 40.0 Å². The Labute approximate surface area is 114 Å². The van der Waals surface area contributed by atoms with Crippen molar-refractivity contribution in [1.82, 2.24) is 0 Å². The Balaban J connectivity index is 2.94. The van der Waals surface area contributed by atoms with E-state index in [1.165, 1.54) is 17.7 Å². The standard InChI is InChI=1S/C15H20ClFO/c1-4-15(5-2,6-3)14(11-16)18-13-9-7-12(17)8-10-13/h7-11H,4-6H2,1-3H3. The van der Waals surface area contributed by atoms with Gasteiger partial charge in [-0.2, -0.15) is 0 Å². The molecular formula is C15H20ClFO. The lowest BCUT2D eigenvalue weighted by Gasteiger charge is -2.32. The molecule has 0 aliphatic rings. The fourth-order valence-corrected chi connectivity index (χ4v) is 2.42. The minimum absolute atomic E-state index is 0.0455. The fraction of sp³-hybridized carbons (Fsp3) is 0.467. The molecular weight excluding hydrogens is 251 g/mol. The van der Waals surface area contributed by atoms with E-state index < -0.39 is 0 Å². The van der Waals surface area contributed by atoms with Crippen LogP contribution in [0, 0.1) is 11.2 Å². The molecule has 1 rings (SSSR count). The second-order valence-corrected chi connectivity index (χ2v) is 4.59. The van der Waals surface area contributed by atoms with Crippen molar-refractivity contribution in [3.05, 3.63) is 41.4 Å². The predicted molar refractivity (Wildman–Crippen MR) is 74.3 cm³/mol. The molecule has 18 heavy (non-hydrogen) atoms. The van der Waals surface area contributed by atoms with Gasteiger partial charge in [-0.25, -0.2) is 4.39 Å². The van der Waals surface area contributed by atoms with Crippen molar-refractivity contribution in [2.75, 3.05) is 0 Å². The largest absolute Gasteiger partial charge is 0.460 e. The molecule has 0 aromatic heterocycles. The van der Waals surface area contributed by atoms with E-state index in [1.54, 1.807) is 12.1 Å². The van der Waals surface area contributed by atoms with E-state index in [-0.39, 0.29) is 11.2 Å². The number of benzene rings is 1. The Morgan fingerprint density at radius 1 is 1.17 bits per heavy atom. The molecule has 1 aromatic carbocycles. The first-order chi connectivity index (χ1) is 8.61. The van der Waals surface area contributed by atoms with Crippen LogP contribution in [0.1, 0.15) is 40.0 Å². The van der Waals surface area contributed by atoms with Gasteiger partial charge in [0.15, 0.2) is 0 Å². The van der Waals surface area contributed by atoms with Crippen LogP contribution in [-0.4, -0.2) is 0 Å². The highest BCUT2D eigenvalue weighted by molar-refractivity contribution is 6.25. The van der Waals surface area contributed by atoms with Crippen molar-refractivity contribution in [3.63, 3.8) is 0 Å². The predicted octanol–water partition coefficient (Wildman–Crippen LogP) is 5.50. The molecule has 0 atom stereocenters. The van der Waals surface area contributed by atoms with E-state index in [4.69, 9.17) is 16.3 Å². The van der Waals surface area contributed by atoms with Crippen molar-refractivity contribution in [3.8, 4) is 5.75 Å². The summed E-state index contributed by atoms with van der Waals surface area (Å²) in [6, 6.07) is 5.99. The Morgan fingerprint density at radius 2 is 1.67 bits per heavy atom. The van der Waals surface area contributed by atoms with Gasteiger partial charge >= 0.3 is 0 Å². The summed E-state index contributed by atoms with van der Waals surface area (Å²) >= 11 is 5.91. The van der Waals surface area contributed by atoms with Crippen molar-refractivity contribution in [2.24, 2.45) is 5.41 Å². The first-order valence-corrected chi connectivity index (χ1v) is 6.79. The Morgan fingerprint density at radius 3 is 2.06 bits per heavy atom. The second kappa shape index (κ2) is 6.79. The van der Waals surface area contributed by atoms with E-state index in [2.05, 4.69) is 20.8 Å². The lowest BCUT2D eigenvalue weighted by atomic mass is 9.78. The minimum Gasteiger partial charge on any atom is -0.460 e. The molecule has 0 unspecified atom stereocenters. The van der Waals surface area contributed by atoms with Gasteiger partial charge in [0.25, 0.3) is 0 Å². The molecule has 0 N–H and O–H groups in total. The summed E-state index contributed by atoms with van der Waals surface area (Å²) in [6.45, 7) is 6.38. The molecule has 0 spiro atoms. The highest BCUT2D eigenvalue weighted by Gasteiger charge is 2.30. The van der Waals surface area contributed by atoms with E-state index in [0.717, 1.165) is 25.0 Å². The summed E-state index contributed by atoms with van der Waals surface area (Å²) in [5, 5.41) is 0. The average Bonchev–Trinajstić information content (AvgIpc) is 2.42. The Kier molecular flexibility index (Phi) is 5.67. The van der Waals surface area contributed by atoms with Crippen molar-refractivity contribution >= 4 is 11.6 Å². The van der Waals surface area contributed by atoms with Gasteiger partial charge in [-0.3, -0.25) is 0 Å². The van der Waals surface area contributed by atoms with Crippen LogP contribution in [0.4, 0.5) is 4.39 Å². The maximum atomic E-state index is 12.8. The van der Waals surface area contributed by atoms with Crippen molar-refractivity contribution in [1.29, 1.82) is 0 Å². The molecule has 0 aliphatic heterocycles. The average molecular weight is 271 g/mol. The molecule has 1 aromatic rings. The zero-order chi connectivity index (χ0) is 13.6. The van der Waals surface area contributed by atoms with Gasteiger partial charge in [0.1, 0.15) is 17.3 Å². The topological polar surface area (TPSA) is 9.23 Å². The van der Waals surface area contributed by atoms with E-state index in [0.29, 0.717) is 5.75 Å². The molecule has 0 radical (unpaired) electrons. The molecule has 0 bridgehead atoms. The second-order valence-electron chi connectivity index (χ2n) is 4.37. The van der Waals surface area contributed by atoms with Crippen LogP contribution >= 0.6 is 11.6 Å². The molecule has 0 amide bonds. The van der Waals surface area contributed by atoms with Gasteiger partial charge in [-0.1, -0.05) is 32.4 Å². The van der Waals surface area contributed by atoms with Crippen LogP contribution in [0.15, 0.2) is 35.6 Å². The zero-order valence-corrected chi connectivity index (χ0v) is 11.9. The molecule has 0 fully saturated rings. The van der Waals surface area contributed by atoms with Crippen LogP contribution in [0.5, 0.6) is 5.75 Å². The number of ether oxygens (including phenoxy) is 1. The van der Waals surface area contributed by atoms with Gasteiger partial charge in [0.2, 0.25) is 0 Å². The highest BCUT2D eigenvalue weighted by atomic mass is 35.5. The molecule has 0 heterocycles. The maximum Gasteiger partial charge on any atom is 0.127 e. The van der Waals surface area contributed by atoms with Crippen LogP contribution < -0.4 is 4.74 Å². The number of hydrogen-bond donors (Lipinski definition) is 0. The van der Waals surface area contributed by atoms with E-state index >= 15 is 0 Å². The van der Waals surface area contributed by atoms with Gasteiger partial charge in [-0.15, -0.1) is 0 Å². The summed E-state index contributed by atoms with van der Waals surface area (Å²) in [6.07, 6.45) is 2.87. The molecule has 1 nitrogen and oxygen atoms in total. The maximum absolute atomic E-state index is 12.8. The van der Waals surface area contributed by atoms with Gasteiger partial charge in [-0.05, 0) is 43.5 Å². The van der Waals surface area contributed by atoms with Gasteiger partial charge in [0, 0.05) is 11.0 Å². The summed E-state index contributed by atoms with van der Waals surface area (Å²) in [7, 11) is 0. The lowest BCUT2D eigenvalue weighted by Crippen LogP contribution is -2.24. The Hall–Kier alpha value is -1.02. The third-order valence-corrected chi connectivity index (χ3v) is 3.89. The Bertz CT molecular complexity index is 385. The summed E-state index contributed by atoms with van der Waals surface area (Å²) in [4.78, 5) is 0. The summed E-state index contributed by atoms with van der Waals surface area (Å²) in [5.41, 5.74) is 1.45. The number of rotatable bonds is 6. The molecule has 0 saturated carbocycles. The molecule has 0 saturated heterocycles. The fourth-order valence-electron chi connectivity index (χ4n) is 2.15. The first-order valence-electron chi connectivity index (χ1n) is 6.36. The minimum atomic E-state index is -0.272. The quantitative estimate of drug-likeness (QED) is 0.620. The molecule has 100 valence electrons. The van der Waals surface area contributed by atoms with E-state index in [1.807, 2.05) is 0 Å². The number of hydrogen-bond acceptors (Lipinski definition) is 1. The van der Waals surface area contributed by atoms with Crippen LogP contribution in [0.2, 0.25) is 0 Å². The third-order valence-electron chi connectivity index (χ3n) is 3.69. The van der Waals surface area contributed by atoms with Crippen LogP contribution in [0.25, 0.3) is 0 Å². The summed E-state index contributed by atoms with van der Waals surface area (Å²) < 4.78 is 18.7. The smallest absolute Gasteiger partial charge is 0.127 e. The molecule has 3 heteroatoms. The first kappa shape index (κ1) is 15.0. The van der Waals surface area contributed by atoms with Crippen LogP contribution in [0.3, 0.4) is 0 Å².